The number of aryl methyl sites for hydroxylation is 1. The van der Waals surface area contributed by atoms with Crippen LogP contribution in [0, 0.1) is 6.92 Å². The highest BCUT2D eigenvalue weighted by atomic mass is 79.9. The smallest absolute Gasteiger partial charge is 0.322 e. The number of rotatable bonds is 7. The van der Waals surface area contributed by atoms with Gasteiger partial charge in [-0.05, 0) is 55.5 Å². The number of benzene rings is 2. The van der Waals surface area contributed by atoms with E-state index >= 15 is 0 Å². The van der Waals surface area contributed by atoms with E-state index in [1.807, 2.05) is 24.3 Å². The maximum atomic E-state index is 12.0. The number of halogens is 1. The fourth-order valence-corrected chi connectivity index (χ4v) is 3.34. The van der Waals surface area contributed by atoms with Crippen molar-refractivity contribution in [2.75, 3.05) is 11.1 Å². The summed E-state index contributed by atoms with van der Waals surface area (Å²) in [5.74, 6) is 1.13. The first-order valence-corrected chi connectivity index (χ1v) is 9.97. The maximum Gasteiger partial charge on any atom is 0.322 e. The van der Waals surface area contributed by atoms with Gasteiger partial charge in [-0.15, -0.1) is 16.9 Å². The fraction of sp³-hybridized carbons (Fsp3) is 0.211. The number of thioether (sulfide) groups is 1. The van der Waals surface area contributed by atoms with Crippen molar-refractivity contribution in [3.05, 3.63) is 58.6 Å². The summed E-state index contributed by atoms with van der Waals surface area (Å²) >= 11 is 5.12. The number of nitrogens with one attached hydrogen (secondary N) is 1. The lowest BCUT2D eigenvalue weighted by molar-refractivity contribution is -0.116. The van der Waals surface area contributed by atoms with Crippen LogP contribution in [-0.4, -0.2) is 21.9 Å². The molecule has 26 heavy (non-hydrogen) atoms. The van der Waals surface area contributed by atoms with Gasteiger partial charge in [0, 0.05) is 21.4 Å². The maximum absolute atomic E-state index is 12.0. The average molecular weight is 432 g/mol. The monoisotopic (exact) mass is 431 g/mol. The number of hydrogen-bond donors (Lipinski definition) is 1. The lowest BCUT2D eigenvalue weighted by atomic mass is 10.2. The second-order valence-electron chi connectivity index (χ2n) is 5.73. The molecule has 3 rings (SSSR count). The van der Waals surface area contributed by atoms with Crippen LogP contribution in [0.15, 0.2) is 62.3 Å². The molecule has 0 saturated heterocycles. The van der Waals surface area contributed by atoms with Crippen molar-refractivity contribution >= 4 is 39.6 Å². The summed E-state index contributed by atoms with van der Waals surface area (Å²) in [7, 11) is 0. The zero-order valence-corrected chi connectivity index (χ0v) is 16.6. The summed E-state index contributed by atoms with van der Waals surface area (Å²) in [5, 5.41) is 10.5. The Morgan fingerprint density at radius 3 is 2.58 bits per heavy atom. The average Bonchev–Trinajstić information content (AvgIpc) is 3.09. The third-order valence-electron chi connectivity index (χ3n) is 3.60. The molecule has 0 radical (unpaired) electrons. The topological polar surface area (TPSA) is 68.0 Å². The molecule has 1 aromatic heterocycles. The summed E-state index contributed by atoms with van der Waals surface area (Å²) in [6.45, 7) is 2.07. The van der Waals surface area contributed by atoms with Crippen LogP contribution >= 0.6 is 27.7 Å². The third kappa shape index (κ3) is 5.44. The van der Waals surface area contributed by atoms with E-state index in [2.05, 4.69) is 62.6 Å². The highest BCUT2D eigenvalue weighted by Crippen LogP contribution is 2.22. The summed E-state index contributed by atoms with van der Waals surface area (Å²) in [5.41, 5.74) is 2.05. The van der Waals surface area contributed by atoms with Crippen LogP contribution in [0.25, 0.3) is 11.5 Å². The molecule has 0 bridgehead atoms. The van der Waals surface area contributed by atoms with Gasteiger partial charge in [0.15, 0.2) is 0 Å². The van der Waals surface area contributed by atoms with Gasteiger partial charge in [0.05, 0.1) is 0 Å². The van der Waals surface area contributed by atoms with Crippen LogP contribution < -0.4 is 5.32 Å². The molecule has 0 aliphatic heterocycles. The van der Waals surface area contributed by atoms with Gasteiger partial charge in [-0.3, -0.25) is 10.1 Å². The molecule has 0 spiro atoms. The number of aromatic nitrogens is 2. The van der Waals surface area contributed by atoms with Crippen LogP contribution in [0.5, 0.6) is 0 Å². The van der Waals surface area contributed by atoms with Crippen LogP contribution in [0.1, 0.15) is 18.4 Å². The number of hydrogen-bond acceptors (Lipinski definition) is 5. The Hall–Kier alpha value is -2.12. The van der Waals surface area contributed by atoms with E-state index in [4.69, 9.17) is 4.42 Å². The van der Waals surface area contributed by atoms with E-state index in [9.17, 15) is 4.79 Å². The Labute approximate surface area is 164 Å². The van der Waals surface area contributed by atoms with Gasteiger partial charge in [0.2, 0.25) is 11.8 Å². The van der Waals surface area contributed by atoms with Crippen LogP contribution in [0.2, 0.25) is 0 Å². The zero-order valence-electron chi connectivity index (χ0n) is 14.2. The first kappa shape index (κ1) is 18.7. The predicted octanol–water partition coefficient (Wildman–Crippen LogP) is 5.32. The van der Waals surface area contributed by atoms with Crippen molar-refractivity contribution in [1.29, 1.82) is 0 Å². The molecule has 0 saturated carbocycles. The van der Waals surface area contributed by atoms with E-state index < -0.39 is 0 Å². The summed E-state index contributed by atoms with van der Waals surface area (Å²) in [6.07, 6.45) is 1.19. The third-order valence-corrected chi connectivity index (χ3v) is 5.23. The molecule has 3 aromatic rings. The lowest BCUT2D eigenvalue weighted by Crippen LogP contribution is -2.11. The predicted molar refractivity (Wildman–Crippen MR) is 107 cm³/mol. The van der Waals surface area contributed by atoms with E-state index in [-0.39, 0.29) is 11.9 Å². The molecular weight excluding hydrogens is 414 g/mol. The summed E-state index contributed by atoms with van der Waals surface area (Å²) < 4.78 is 6.46. The second kappa shape index (κ2) is 9.00. The first-order valence-electron chi connectivity index (χ1n) is 8.19. The largest absolute Gasteiger partial charge is 0.403 e. The van der Waals surface area contributed by atoms with Gasteiger partial charge in [0.1, 0.15) is 0 Å². The van der Waals surface area contributed by atoms with Gasteiger partial charge in [0.25, 0.3) is 0 Å². The Kier molecular flexibility index (Phi) is 6.46. The van der Waals surface area contributed by atoms with Crippen molar-refractivity contribution in [2.24, 2.45) is 0 Å². The van der Waals surface area contributed by atoms with E-state index in [1.165, 1.54) is 10.5 Å². The molecule has 134 valence electrons. The molecule has 1 amide bonds. The minimum Gasteiger partial charge on any atom is -0.403 e. The molecule has 0 unspecified atom stereocenters. The van der Waals surface area contributed by atoms with Gasteiger partial charge < -0.3 is 4.42 Å². The SMILES string of the molecule is Cc1ccc(SCCCC(=O)Nc2nnc(-c3ccc(Br)cc3)o2)cc1. The second-order valence-corrected chi connectivity index (χ2v) is 7.82. The van der Waals surface area contributed by atoms with E-state index in [0.717, 1.165) is 22.2 Å². The van der Waals surface area contributed by atoms with Crippen LogP contribution in [0.4, 0.5) is 6.01 Å². The van der Waals surface area contributed by atoms with Gasteiger partial charge in [-0.1, -0.05) is 38.7 Å². The van der Waals surface area contributed by atoms with Gasteiger partial charge >= 0.3 is 6.01 Å². The van der Waals surface area contributed by atoms with Gasteiger partial charge in [-0.25, -0.2) is 0 Å². The molecule has 5 nitrogen and oxygen atoms in total. The van der Waals surface area contributed by atoms with Gasteiger partial charge in [-0.2, -0.15) is 0 Å². The van der Waals surface area contributed by atoms with Crippen molar-refractivity contribution in [2.45, 2.75) is 24.7 Å². The number of anilines is 1. The van der Waals surface area contributed by atoms with Crippen molar-refractivity contribution in [1.82, 2.24) is 10.2 Å². The normalized spacial score (nSPS) is 10.7. The van der Waals surface area contributed by atoms with Crippen molar-refractivity contribution < 1.29 is 9.21 Å². The fourth-order valence-electron chi connectivity index (χ4n) is 2.22. The molecule has 0 aliphatic carbocycles. The molecular formula is C19H18BrN3O2S. The highest BCUT2D eigenvalue weighted by molar-refractivity contribution is 9.10. The minimum absolute atomic E-state index is 0.124. The summed E-state index contributed by atoms with van der Waals surface area (Å²) in [4.78, 5) is 13.2. The van der Waals surface area contributed by atoms with E-state index in [0.29, 0.717) is 12.3 Å². The Morgan fingerprint density at radius 2 is 1.85 bits per heavy atom. The van der Waals surface area contributed by atoms with Crippen LogP contribution in [0.3, 0.4) is 0 Å². The number of carbonyl (C=O) groups excluding carboxylic acids is 1. The molecule has 0 fully saturated rings. The Morgan fingerprint density at radius 1 is 1.12 bits per heavy atom. The number of amides is 1. The molecule has 1 N–H and O–H groups in total. The number of carbonyl (C=O) groups is 1. The molecule has 0 aliphatic rings. The first-order chi connectivity index (χ1) is 12.6. The molecule has 0 atom stereocenters. The van der Waals surface area contributed by atoms with E-state index in [1.54, 1.807) is 11.8 Å². The number of nitrogens with zero attached hydrogens (tertiary/aromatic N) is 2. The van der Waals surface area contributed by atoms with Crippen molar-refractivity contribution in [3.63, 3.8) is 0 Å². The standard InChI is InChI=1S/C19H18BrN3O2S/c1-13-4-10-16(11-5-13)26-12-2-3-17(24)21-19-23-22-18(25-19)14-6-8-15(20)9-7-14/h4-11H,2-3,12H2,1H3,(H,21,23,24). The summed E-state index contributed by atoms with van der Waals surface area (Å²) in [6, 6.07) is 16.0. The molecule has 7 heteroatoms. The minimum atomic E-state index is -0.125. The Balaban J connectivity index is 1.43. The Bertz CT molecular complexity index is 863. The van der Waals surface area contributed by atoms with Crippen LogP contribution in [-0.2, 0) is 4.79 Å². The molecule has 2 aromatic carbocycles. The van der Waals surface area contributed by atoms with Crippen molar-refractivity contribution in [3.8, 4) is 11.5 Å². The lowest BCUT2D eigenvalue weighted by Gasteiger charge is -2.02. The molecule has 1 heterocycles. The highest BCUT2D eigenvalue weighted by Gasteiger charge is 2.11. The zero-order chi connectivity index (χ0) is 18.4. The quantitative estimate of drug-likeness (QED) is 0.404.